The molecule has 0 aromatic heterocycles. The van der Waals surface area contributed by atoms with E-state index >= 15 is 0 Å². The Hall–Kier alpha value is -1.92. The highest BCUT2D eigenvalue weighted by Gasteiger charge is 2.18. The molecule has 0 heterocycles. The van der Waals surface area contributed by atoms with Gasteiger partial charge in [-0.25, -0.2) is 0 Å². The summed E-state index contributed by atoms with van der Waals surface area (Å²) >= 11 is 0. The van der Waals surface area contributed by atoms with Crippen molar-refractivity contribution in [1.82, 2.24) is 5.32 Å². The van der Waals surface area contributed by atoms with E-state index < -0.39 is 12.1 Å². The van der Waals surface area contributed by atoms with Gasteiger partial charge in [0.1, 0.15) is 0 Å². The van der Waals surface area contributed by atoms with Crippen LogP contribution in [0.3, 0.4) is 0 Å². The summed E-state index contributed by atoms with van der Waals surface area (Å²) in [5.41, 5.74) is 0. The molecule has 0 rings (SSSR count). The molecule has 0 aliphatic heterocycles. The fraction of sp³-hybridized carbons (Fsp3) is 0.896. The van der Waals surface area contributed by atoms with Crippen molar-refractivity contribution in [2.75, 3.05) is 13.2 Å². The van der Waals surface area contributed by atoms with E-state index in [-0.39, 0.29) is 18.5 Å². The number of unbranched alkanes of at least 4 members (excludes halogenated alkanes) is 56. The molecule has 0 bridgehead atoms. The third-order valence-corrected chi connectivity index (χ3v) is 17.6. The molecule has 0 aliphatic rings. The van der Waals surface area contributed by atoms with Crippen molar-refractivity contribution in [3.05, 3.63) is 36.5 Å². The van der Waals surface area contributed by atoms with Crippen molar-refractivity contribution >= 4 is 11.9 Å². The number of esters is 1. The molecule has 490 valence electrons. The lowest BCUT2D eigenvalue weighted by Gasteiger charge is -2.20. The van der Waals surface area contributed by atoms with Gasteiger partial charge in [-0.1, -0.05) is 359 Å². The van der Waals surface area contributed by atoms with Gasteiger partial charge in [-0.3, -0.25) is 9.59 Å². The van der Waals surface area contributed by atoms with Gasteiger partial charge in [-0.2, -0.15) is 0 Å². The Morgan fingerprint density at radius 2 is 0.566 bits per heavy atom. The van der Waals surface area contributed by atoms with Crippen LogP contribution in [0.15, 0.2) is 36.5 Å². The van der Waals surface area contributed by atoms with Crippen LogP contribution in [0.25, 0.3) is 0 Å². The van der Waals surface area contributed by atoms with Gasteiger partial charge in [0, 0.05) is 12.8 Å². The van der Waals surface area contributed by atoms with Gasteiger partial charge in [-0.15, -0.1) is 0 Å². The van der Waals surface area contributed by atoms with Crippen molar-refractivity contribution in [2.45, 2.75) is 431 Å². The molecule has 6 nitrogen and oxygen atoms in total. The quantitative estimate of drug-likeness (QED) is 0.0320. The van der Waals surface area contributed by atoms with E-state index in [1.165, 1.54) is 347 Å². The van der Waals surface area contributed by atoms with E-state index in [4.69, 9.17) is 4.74 Å². The molecule has 0 radical (unpaired) electrons. The zero-order valence-electron chi connectivity index (χ0n) is 56.2. The molecule has 0 aromatic rings. The predicted molar refractivity (Wildman–Crippen MR) is 366 cm³/mol. The fourth-order valence-electron chi connectivity index (χ4n) is 11.9. The zero-order valence-corrected chi connectivity index (χ0v) is 56.2. The van der Waals surface area contributed by atoms with Crippen molar-refractivity contribution < 1.29 is 24.5 Å². The highest BCUT2D eigenvalue weighted by Crippen LogP contribution is 2.19. The molecule has 6 heteroatoms. The Balaban J connectivity index is 3.41. The third kappa shape index (κ3) is 69.1. The minimum atomic E-state index is -0.846. The lowest BCUT2D eigenvalue weighted by atomic mass is 10.0. The van der Waals surface area contributed by atoms with Crippen molar-refractivity contribution in [2.24, 2.45) is 0 Å². The number of carbonyl (C=O) groups excluding carboxylic acids is 2. The maximum Gasteiger partial charge on any atom is 0.305 e. The maximum atomic E-state index is 12.5. The number of hydrogen-bond donors (Lipinski definition) is 3. The average molecular weight is 1170 g/mol. The number of aliphatic hydroxyl groups is 2. The van der Waals surface area contributed by atoms with Gasteiger partial charge >= 0.3 is 5.97 Å². The maximum absolute atomic E-state index is 12.5. The van der Waals surface area contributed by atoms with E-state index in [1.54, 1.807) is 6.08 Å². The van der Waals surface area contributed by atoms with Gasteiger partial charge in [0.15, 0.2) is 0 Å². The lowest BCUT2D eigenvalue weighted by Crippen LogP contribution is -2.45. The average Bonchev–Trinajstić information content (AvgIpc) is 3.49. The first-order valence-electron chi connectivity index (χ1n) is 37.8. The van der Waals surface area contributed by atoms with E-state index in [1.807, 2.05) is 6.08 Å². The number of allylic oxidation sites excluding steroid dienone is 5. The summed E-state index contributed by atoms with van der Waals surface area (Å²) in [6, 6.07) is -0.629. The monoisotopic (exact) mass is 1170 g/mol. The molecule has 0 saturated heterocycles. The Morgan fingerprint density at radius 1 is 0.325 bits per heavy atom. The van der Waals surface area contributed by atoms with E-state index in [0.717, 1.165) is 44.9 Å². The minimum absolute atomic E-state index is 0.00657. The van der Waals surface area contributed by atoms with Gasteiger partial charge in [-0.05, 0) is 83.5 Å². The molecule has 83 heavy (non-hydrogen) atoms. The molecule has 1 amide bonds. The SMILES string of the molecule is CCCCC/C=C\CCCCCCCC(=O)OCCCCCCCCCCCCCC/C=C\CCCCCCCCCCCCCCCC(=O)NC(CO)C(O)/C=C/CCCCCCCCCCCCCCCCCCCCCCCCC. The second-order valence-corrected chi connectivity index (χ2v) is 26.0. The van der Waals surface area contributed by atoms with Gasteiger partial charge in [0.05, 0.1) is 25.4 Å². The fourth-order valence-corrected chi connectivity index (χ4v) is 11.9. The molecule has 0 fully saturated rings. The minimum Gasteiger partial charge on any atom is -0.466 e. The van der Waals surface area contributed by atoms with Crippen LogP contribution < -0.4 is 5.32 Å². The van der Waals surface area contributed by atoms with Crippen LogP contribution in [-0.4, -0.2) is 47.4 Å². The smallest absolute Gasteiger partial charge is 0.305 e. The van der Waals surface area contributed by atoms with Crippen molar-refractivity contribution in [1.29, 1.82) is 0 Å². The Morgan fingerprint density at radius 3 is 0.880 bits per heavy atom. The molecule has 0 aromatic carbocycles. The number of ether oxygens (including phenoxy) is 1. The number of carbonyl (C=O) groups is 2. The van der Waals surface area contributed by atoms with Crippen LogP contribution in [0.2, 0.25) is 0 Å². The first-order chi connectivity index (χ1) is 41.0. The lowest BCUT2D eigenvalue weighted by molar-refractivity contribution is -0.143. The number of rotatable bonds is 71. The Bertz CT molecular complexity index is 1340. The number of aliphatic hydroxyl groups excluding tert-OH is 2. The highest BCUT2D eigenvalue weighted by molar-refractivity contribution is 5.76. The Labute approximate surface area is 519 Å². The van der Waals surface area contributed by atoms with E-state index in [9.17, 15) is 19.8 Å². The summed E-state index contributed by atoms with van der Waals surface area (Å²) in [5.74, 6) is -0.0559. The van der Waals surface area contributed by atoms with Crippen LogP contribution in [0, 0.1) is 0 Å². The summed E-state index contributed by atoms with van der Waals surface area (Å²) in [7, 11) is 0. The molecule has 3 N–H and O–H groups in total. The first-order valence-corrected chi connectivity index (χ1v) is 37.8. The number of hydrogen-bond acceptors (Lipinski definition) is 5. The number of nitrogens with one attached hydrogen (secondary N) is 1. The normalized spacial score (nSPS) is 12.7. The topological polar surface area (TPSA) is 95.9 Å². The van der Waals surface area contributed by atoms with Crippen LogP contribution in [0.5, 0.6) is 0 Å². The predicted octanol–water partition coefficient (Wildman–Crippen LogP) is 24.7. The molecular formula is C77H147NO5. The number of amides is 1. The van der Waals surface area contributed by atoms with E-state index in [0.29, 0.717) is 19.4 Å². The van der Waals surface area contributed by atoms with Crippen LogP contribution >= 0.6 is 0 Å². The third-order valence-electron chi connectivity index (χ3n) is 17.6. The zero-order chi connectivity index (χ0) is 59.9. The molecule has 0 aliphatic carbocycles. The molecular weight excluding hydrogens is 1020 g/mol. The van der Waals surface area contributed by atoms with Crippen LogP contribution in [-0.2, 0) is 14.3 Å². The van der Waals surface area contributed by atoms with Gasteiger partial charge in [0.2, 0.25) is 5.91 Å². The first kappa shape index (κ1) is 81.1. The largest absolute Gasteiger partial charge is 0.466 e. The Kier molecular flexibility index (Phi) is 70.9. The highest BCUT2D eigenvalue weighted by atomic mass is 16.5. The molecule has 2 atom stereocenters. The summed E-state index contributed by atoms with van der Waals surface area (Å²) in [6.07, 6.45) is 93.9. The second kappa shape index (κ2) is 72.6. The molecule has 0 saturated carbocycles. The van der Waals surface area contributed by atoms with Crippen LogP contribution in [0.1, 0.15) is 418 Å². The summed E-state index contributed by atoms with van der Waals surface area (Å²) < 4.78 is 5.48. The summed E-state index contributed by atoms with van der Waals surface area (Å²) in [6.45, 7) is 4.92. The summed E-state index contributed by atoms with van der Waals surface area (Å²) in [4.78, 5) is 24.6. The van der Waals surface area contributed by atoms with Crippen molar-refractivity contribution in [3.8, 4) is 0 Å². The van der Waals surface area contributed by atoms with Crippen molar-refractivity contribution in [3.63, 3.8) is 0 Å². The molecule has 0 spiro atoms. The van der Waals surface area contributed by atoms with Crippen LogP contribution in [0.4, 0.5) is 0 Å². The van der Waals surface area contributed by atoms with Gasteiger partial charge < -0.3 is 20.3 Å². The van der Waals surface area contributed by atoms with Gasteiger partial charge in [0.25, 0.3) is 0 Å². The standard InChI is InChI=1S/C77H147NO5/c1-3-5-7-9-11-13-15-17-18-19-20-21-22-28-31-34-37-40-43-46-49-53-57-61-65-69-75(80)74(73-79)78-76(81)70-66-62-58-54-50-47-44-41-38-35-32-29-26-24-23-25-27-30-33-36-39-42-45-48-52-56-60-64-68-72-83-77(82)71-67-63-59-55-51-16-14-12-10-8-6-4-2/h12,14,23,25,65,69,74-75,79-80H,3-11,13,15-22,24,26-64,66-68,70-73H2,1-2H3,(H,78,81)/b14-12-,25-23-,69-65+. The summed E-state index contributed by atoms with van der Waals surface area (Å²) in [5, 5.41) is 23.3. The van der Waals surface area contributed by atoms with E-state index in [2.05, 4.69) is 43.5 Å². The second-order valence-electron chi connectivity index (χ2n) is 26.0. The molecule has 2 unspecified atom stereocenters.